The number of aliphatic hydroxyl groups excluding tert-OH is 1. The molecule has 0 aromatic heterocycles. The van der Waals surface area contributed by atoms with Crippen LogP contribution in [0.25, 0.3) is 0 Å². The molecule has 0 spiro atoms. The monoisotopic (exact) mass is 346 g/mol. The van der Waals surface area contributed by atoms with Crippen molar-refractivity contribution in [1.82, 2.24) is 5.32 Å². The fraction of sp³-hybridized carbons (Fsp3) is 0.368. The molecule has 4 rings (SSSR count). The Hall–Kier alpha value is -1.62. The maximum Gasteiger partial charge on any atom is 0.124 e. The van der Waals surface area contributed by atoms with Crippen molar-refractivity contribution in [3.05, 3.63) is 64.9 Å². The van der Waals surface area contributed by atoms with Crippen molar-refractivity contribution >= 4 is 17.3 Å². The van der Waals surface area contributed by atoms with E-state index in [1.54, 1.807) is 6.07 Å². The molecule has 0 saturated carbocycles. The molecule has 3 nitrogen and oxygen atoms in total. The van der Waals surface area contributed by atoms with Gasteiger partial charge in [0.15, 0.2) is 0 Å². The van der Waals surface area contributed by atoms with Crippen LogP contribution < -0.4 is 10.2 Å². The number of nitrogens with zero attached hydrogens (tertiary/aromatic N) is 1. The molecule has 0 radical (unpaired) electrons. The van der Waals surface area contributed by atoms with E-state index in [1.807, 2.05) is 18.2 Å². The SMILES string of the molecule is OC[C@@H]1N[C@H](c2ccc(F)cc2Cl)[C@@H]2CN(c3ccccc3)C[C@@H]21. The quantitative estimate of drug-likeness (QED) is 0.895. The average molecular weight is 347 g/mol. The second-order valence-corrected chi connectivity index (χ2v) is 7.07. The topological polar surface area (TPSA) is 35.5 Å². The predicted octanol–water partition coefficient (Wildman–Crippen LogP) is 3.24. The van der Waals surface area contributed by atoms with Crippen molar-refractivity contribution in [2.75, 3.05) is 24.6 Å². The summed E-state index contributed by atoms with van der Waals surface area (Å²) in [5, 5.41) is 13.7. The Morgan fingerprint density at radius 1 is 1.12 bits per heavy atom. The smallest absolute Gasteiger partial charge is 0.124 e. The van der Waals surface area contributed by atoms with Gasteiger partial charge in [0.2, 0.25) is 0 Å². The van der Waals surface area contributed by atoms with E-state index in [2.05, 4.69) is 22.3 Å². The summed E-state index contributed by atoms with van der Waals surface area (Å²) in [5.41, 5.74) is 2.12. The van der Waals surface area contributed by atoms with Gasteiger partial charge in [-0.3, -0.25) is 0 Å². The van der Waals surface area contributed by atoms with Crippen LogP contribution in [0.15, 0.2) is 48.5 Å². The number of aliphatic hydroxyl groups is 1. The van der Waals surface area contributed by atoms with Crippen molar-refractivity contribution in [3.8, 4) is 0 Å². The zero-order valence-electron chi connectivity index (χ0n) is 13.2. The fourth-order valence-electron chi connectivity index (χ4n) is 4.22. The summed E-state index contributed by atoms with van der Waals surface area (Å²) in [4.78, 5) is 2.36. The van der Waals surface area contributed by atoms with Gasteiger partial charge >= 0.3 is 0 Å². The molecule has 0 aliphatic carbocycles. The van der Waals surface area contributed by atoms with Crippen molar-refractivity contribution in [2.24, 2.45) is 11.8 Å². The molecular formula is C19H20ClFN2O. The third-order valence-electron chi connectivity index (χ3n) is 5.37. The minimum absolute atomic E-state index is 0.0361. The highest BCUT2D eigenvalue weighted by Crippen LogP contribution is 2.44. The Kier molecular flexibility index (Phi) is 4.21. The van der Waals surface area contributed by atoms with Crippen molar-refractivity contribution in [2.45, 2.75) is 12.1 Å². The van der Waals surface area contributed by atoms with Crippen LogP contribution in [-0.2, 0) is 0 Å². The molecule has 2 fully saturated rings. The molecule has 0 unspecified atom stereocenters. The lowest BCUT2D eigenvalue weighted by molar-refractivity contribution is 0.227. The van der Waals surface area contributed by atoms with E-state index in [9.17, 15) is 9.50 Å². The van der Waals surface area contributed by atoms with Crippen LogP contribution in [0.5, 0.6) is 0 Å². The van der Waals surface area contributed by atoms with E-state index >= 15 is 0 Å². The van der Waals surface area contributed by atoms with E-state index < -0.39 is 0 Å². The van der Waals surface area contributed by atoms with Gasteiger partial charge in [-0.2, -0.15) is 0 Å². The number of rotatable bonds is 3. The average Bonchev–Trinajstić information content (AvgIpc) is 3.15. The van der Waals surface area contributed by atoms with Crippen LogP contribution >= 0.6 is 11.6 Å². The molecule has 0 bridgehead atoms. The molecular weight excluding hydrogens is 327 g/mol. The predicted molar refractivity (Wildman–Crippen MR) is 93.8 cm³/mol. The molecule has 0 amide bonds. The number of hydrogen-bond acceptors (Lipinski definition) is 3. The number of nitrogens with one attached hydrogen (secondary N) is 1. The van der Waals surface area contributed by atoms with Gasteiger partial charge in [0.1, 0.15) is 5.82 Å². The Morgan fingerprint density at radius 3 is 2.58 bits per heavy atom. The molecule has 2 heterocycles. The highest BCUT2D eigenvalue weighted by Gasteiger charge is 2.48. The van der Waals surface area contributed by atoms with Crippen molar-refractivity contribution in [1.29, 1.82) is 0 Å². The van der Waals surface area contributed by atoms with Gasteiger partial charge in [0.25, 0.3) is 0 Å². The largest absolute Gasteiger partial charge is 0.395 e. The third-order valence-corrected chi connectivity index (χ3v) is 5.69. The first-order valence-electron chi connectivity index (χ1n) is 8.29. The van der Waals surface area contributed by atoms with Crippen LogP contribution in [-0.4, -0.2) is 30.8 Å². The summed E-state index contributed by atoms with van der Waals surface area (Å²) in [5.74, 6) is 0.362. The first kappa shape index (κ1) is 15.9. The molecule has 4 atom stereocenters. The summed E-state index contributed by atoms with van der Waals surface area (Å²) in [7, 11) is 0. The van der Waals surface area contributed by atoms with Crippen molar-refractivity contribution in [3.63, 3.8) is 0 Å². The molecule has 2 saturated heterocycles. The number of halogens is 2. The summed E-state index contributed by atoms with van der Waals surface area (Å²) < 4.78 is 13.4. The number of hydrogen-bond donors (Lipinski definition) is 2. The van der Waals surface area contributed by atoms with Gasteiger partial charge in [-0.15, -0.1) is 0 Å². The first-order chi connectivity index (χ1) is 11.7. The summed E-state index contributed by atoms with van der Waals surface area (Å²) in [6.45, 7) is 1.90. The molecule has 2 aromatic carbocycles. The minimum Gasteiger partial charge on any atom is -0.395 e. The molecule has 2 aliphatic rings. The summed E-state index contributed by atoms with van der Waals surface area (Å²) in [6, 6.07) is 15.0. The van der Waals surface area contributed by atoms with Crippen LogP contribution in [0, 0.1) is 17.7 Å². The number of para-hydroxylation sites is 1. The Labute approximate surface area is 146 Å². The van der Waals surface area contributed by atoms with E-state index in [1.165, 1.54) is 17.8 Å². The number of anilines is 1. The van der Waals surface area contributed by atoms with Gasteiger partial charge in [0, 0.05) is 47.7 Å². The van der Waals surface area contributed by atoms with E-state index in [0.29, 0.717) is 16.9 Å². The van der Waals surface area contributed by atoms with E-state index in [0.717, 1.165) is 18.7 Å². The standard InChI is InChI=1S/C19H20ClFN2O/c20-17-8-12(21)6-7-14(17)19-16-10-23(13-4-2-1-3-5-13)9-15(16)18(11-24)22-19/h1-8,15-16,18-19,22,24H,9-11H2/t15-,16+,18-,19+/m0/s1. The molecule has 5 heteroatoms. The first-order valence-corrected chi connectivity index (χ1v) is 8.67. The second-order valence-electron chi connectivity index (χ2n) is 6.67. The molecule has 24 heavy (non-hydrogen) atoms. The molecule has 2 aliphatic heterocycles. The zero-order valence-corrected chi connectivity index (χ0v) is 14.0. The Morgan fingerprint density at radius 2 is 1.88 bits per heavy atom. The highest BCUT2D eigenvalue weighted by molar-refractivity contribution is 6.31. The number of benzene rings is 2. The maximum atomic E-state index is 13.4. The minimum atomic E-state index is -0.325. The second kappa shape index (κ2) is 6.36. The summed E-state index contributed by atoms with van der Waals surface area (Å²) >= 11 is 6.29. The van der Waals surface area contributed by atoms with Gasteiger partial charge in [-0.25, -0.2) is 4.39 Å². The van der Waals surface area contributed by atoms with Crippen molar-refractivity contribution < 1.29 is 9.50 Å². The van der Waals surface area contributed by atoms with E-state index in [-0.39, 0.29) is 24.5 Å². The lowest BCUT2D eigenvalue weighted by Crippen LogP contribution is -2.36. The highest BCUT2D eigenvalue weighted by atomic mass is 35.5. The molecule has 126 valence electrons. The van der Waals surface area contributed by atoms with E-state index in [4.69, 9.17) is 11.6 Å². The van der Waals surface area contributed by atoms with Gasteiger partial charge in [-0.05, 0) is 29.8 Å². The lowest BCUT2D eigenvalue weighted by atomic mass is 9.87. The Bertz CT molecular complexity index is 727. The van der Waals surface area contributed by atoms with Crippen LogP contribution in [0.1, 0.15) is 11.6 Å². The fourth-order valence-corrected chi connectivity index (χ4v) is 4.51. The van der Waals surface area contributed by atoms with Gasteiger partial charge in [-0.1, -0.05) is 35.9 Å². The normalized spacial score (nSPS) is 29.0. The summed E-state index contributed by atoms with van der Waals surface area (Å²) in [6.07, 6.45) is 0. The zero-order chi connectivity index (χ0) is 16.7. The van der Waals surface area contributed by atoms with Crippen LogP contribution in [0.3, 0.4) is 0 Å². The van der Waals surface area contributed by atoms with Gasteiger partial charge in [0.05, 0.1) is 6.61 Å². The Balaban J connectivity index is 1.63. The van der Waals surface area contributed by atoms with Crippen LogP contribution in [0.4, 0.5) is 10.1 Å². The third kappa shape index (κ3) is 2.69. The molecule has 2 aromatic rings. The maximum absolute atomic E-state index is 13.4. The van der Waals surface area contributed by atoms with Gasteiger partial charge < -0.3 is 15.3 Å². The van der Waals surface area contributed by atoms with Crippen LogP contribution in [0.2, 0.25) is 5.02 Å². The lowest BCUT2D eigenvalue weighted by Gasteiger charge is -2.25. The molecule has 2 N–H and O–H groups in total. The number of fused-ring (bicyclic) bond motifs is 1.